The van der Waals surface area contributed by atoms with Gasteiger partial charge in [0.1, 0.15) is 0 Å². The molecule has 4 heteroatoms. The fourth-order valence-corrected chi connectivity index (χ4v) is 4.22. The van der Waals surface area contributed by atoms with Crippen LogP contribution in [-0.4, -0.2) is 9.55 Å². The van der Waals surface area contributed by atoms with Gasteiger partial charge in [-0.1, -0.05) is 6.07 Å². The minimum atomic E-state index is 0.958. The van der Waals surface area contributed by atoms with E-state index in [0.29, 0.717) is 0 Å². The van der Waals surface area contributed by atoms with E-state index in [2.05, 4.69) is 23.2 Å². The van der Waals surface area contributed by atoms with Gasteiger partial charge in [-0.15, -0.1) is 11.3 Å². The molecule has 0 saturated carbocycles. The van der Waals surface area contributed by atoms with Crippen LogP contribution in [0.25, 0.3) is 22.2 Å². The van der Waals surface area contributed by atoms with E-state index in [0.717, 1.165) is 16.0 Å². The van der Waals surface area contributed by atoms with E-state index in [9.17, 15) is 0 Å². The number of thiophene rings is 1. The average Bonchev–Trinajstić information content (AvgIpc) is 3.04. The first-order valence-corrected chi connectivity index (χ1v) is 7.37. The zero-order valence-electron chi connectivity index (χ0n) is 10.8. The number of fused-ring (bicyclic) bond motifs is 2. The predicted octanol–water partition coefficient (Wildman–Crippen LogP) is 3.37. The van der Waals surface area contributed by atoms with E-state index in [1.165, 1.54) is 40.8 Å². The second-order valence-corrected chi connectivity index (χ2v) is 6.29. The summed E-state index contributed by atoms with van der Waals surface area (Å²) in [5.74, 6) is 0. The number of hydrogen-bond donors (Lipinski definition) is 1. The zero-order valence-corrected chi connectivity index (χ0v) is 11.6. The molecule has 1 aliphatic carbocycles. The molecule has 3 aromatic rings. The molecule has 0 aliphatic heterocycles. The highest BCUT2D eigenvalue weighted by molar-refractivity contribution is 7.16. The SMILES string of the molecule is Cn1cnc2cc(-c3c(N)sc4c3CCC4)ccc21. The molecule has 96 valence electrons. The number of aromatic nitrogens is 2. The summed E-state index contributed by atoms with van der Waals surface area (Å²) >= 11 is 1.76. The lowest BCUT2D eigenvalue weighted by Crippen LogP contribution is -1.89. The first kappa shape index (κ1) is 11.1. The summed E-state index contributed by atoms with van der Waals surface area (Å²) in [5, 5.41) is 0.958. The van der Waals surface area contributed by atoms with Crippen molar-refractivity contribution in [2.75, 3.05) is 5.73 Å². The summed E-state index contributed by atoms with van der Waals surface area (Å²) in [7, 11) is 2.02. The summed E-state index contributed by atoms with van der Waals surface area (Å²) in [5.41, 5.74) is 12.4. The third-order valence-corrected chi connectivity index (χ3v) is 5.08. The van der Waals surface area contributed by atoms with E-state index in [4.69, 9.17) is 5.73 Å². The molecule has 0 unspecified atom stereocenters. The molecule has 3 nitrogen and oxygen atoms in total. The van der Waals surface area contributed by atoms with Crippen LogP contribution in [0.5, 0.6) is 0 Å². The molecule has 0 bridgehead atoms. The van der Waals surface area contributed by atoms with Crippen LogP contribution in [0.15, 0.2) is 24.5 Å². The first-order valence-electron chi connectivity index (χ1n) is 6.55. The van der Waals surface area contributed by atoms with Crippen LogP contribution in [0.2, 0.25) is 0 Å². The Bertz CT molecular complexity index is 782. The number of benzene rings is 1. The van der Waals surface area contributed by atoms with E-state index in [1.807, 2.05) is 17.9 Å². The number of aryl methyl sites for hydroxylation is 2. The summed E-state index contributed by atoms with van der Waals surface area (Å²) in [6.45, 7) is 0. The molecule has 0 fully saturated rings. The lowest BCUT2D eigenvalue weighted by atomic mass is 10.0. The second kappa shape index (κ2) is 3.84. The van der Waals surface area contributed by atoms with Gasteiger partial charge in [-0.3, -0.25) is 0 Å². The highest BCUT2D eigenvalue weighted by Gasteiger charge is 2.22. The Kier molecular flexibility index (Phi) is 2.23. The van der Waals surface area contributed by atoms with Crippen molar-refractivity contribution in [2.24, 2.45) is 7.05 Å². The quantitative estimate of drug-likeness (QED) is 0.736. The molecule has 2 aromatic heterocycles. The maximum absolute atomic E-state index is 6.23. The van der Waals surface area contributed by atoms with Gasteiger partial charge in [-0.2, -0.15) is 0 Å². The molecular formula is C15H15N3S. The van der Waals surface area contributed by atoms with Gasteiger partial charge in [-0.25, -0.2) is 4.98 Å². The van der Waals surface area contributed by atoms with Crippen LogP contribution in [0.1, 0.15) is 16.9 Å². The third kappa shape index (κ3) is 1.53. The lowest BCUT2D eigenvalue weighted by molar-refractivity contribution is 0.915. The molecule has 19 heavy (non-hydrogen) atoms. The number of hydrogen-bond acceptors (Lipinski definition) is 3. The Hall–Kier alpha value is -1.81. The Morgan fingerprint density at radius 2 is 2.21 bits per heavy atom. The smallest absolute Gasteiger partial charge is 0.0955 e. The number of anilines is 1. The van der Waals surface area contributed by atoms with Crippen molar-refractivity contribution in [3.63, 3.8) is 0 Å². The summed E-state index contributed by atoms with van der Waals surface area (Å²) in [4.78, 5) is 5.92. The van der Waals surface area contributed by atoms with E-state index >= 15 is 0 Å². The van der Waals surface area contributed by atoms with Crippen molar-refractivity contribution < 1.29 is 0 Å². The molecule has 1 aliphatic rings. The van der Waals surface area contributed by atoms with Crippen LogP contribution in [-0.2, 0) is 19.9 Å². The molecule has 2 heterocycles. The maximum Gasteiger partial charge on any atom is 0.0955 e. The van der Waals surface area contributed by atoms with Crippen molar-refractivity contribution >= 4 is 27.4 Å². The van der Waals surface area contributed by atoms with Crippen molar-refractivity contribution in [1.29, 1.82) is 0 Å². The standard InChI is InChI=1S/C15H15N3S/c1-18-8-17-11-7-9(5-6-12(11)18)14-10-3-2-4-13(10)19-15(14)16/h5-8H,2-4,16H2,1H3. The molecule has 0 radical (unpaired) electrons. The summed E-state index contributed by atoms with van der Waals surface area (Å²) < 4.78 is 2.04. The Balaban J connectivity index is 1.95. The predicted molar refractivity (Wildman–Crippen MR) is 80.5 cm³/mol. The van der Waals surface area contributed by atoms with Crippen LogP contribution in [0, 0.1) is 0 Å². The fraction of sp³-hybridized carbons (Fsp3) is 0.267. The second-order valence-electron chi connectivity index (χ2n) is 5.16. The van der Waals surface area contributed by atoms with Crippen molar-refractivity contribution in [3.8, 4) is 11.1 Å². The van der Waals surface area contributed by atoms with Crippen molar-refractivity contribution in [1.82, 2.24) is 9.55 Å². The normalized spacial score (nSPS) is 14.2. The molecular weight excluding hydrogens is 254 g/mol. The van der Waals surface area contributed by atoms with E-state index in [-0.39, 0.29) is 0 Å². The molecule has 2 N–H and O–H groups in total. The van der Waals surface area contributed by atoms with Crippen LogP contribution in [0.4, 0.5) is 5.00 Å². The number of nitrogens with zero attached hydrogens (tertiary/aromatic N) is 2. The van der Waals surface area contributed by atoms with Gasteiger partial charge < -0.3 is 10.3 Å². The average molecular weight is 269 g/mol. The largest absolute Gasteiger partial charge is 0.390 e. The number of nitrogens with two attached hydrogens (primary N) is 1. The Morgan fingerprint density at radius 3 is 3.11 bits per heavy atom. The maximum atomic E-state index is 6.23. The van der Waals surface area contributed by atoms with Gasteiger partial charge in [0.05, 0.1) is 22.4 Å². The zero-order chi connectivity index (χ0) is 13.0. The number of nitrogen functional groups attached to an aromatic ring is 1. The fourth-order valence-electron chi connectivity index (χ4n) is 3.03. The minimum absolute atomic E-state index is 0.958. The Labute approximate surface area is 115 Å². The van der Waals surface area contributed by atoms with Crippen LogP contribution < -0.4 is 5.73 Å². The summed E-state index contributed by atoms with van der Waals surface area (Å²) in [6.07, 6.45) is 5.48. The molecule has 0 atom stereocenters. The monoisotopic (exact) mass is 269 g/mol. The lowest BCUT2D eigenvalue weighted by Gasteiger charge is -2.04. The molecule has 0 spiro atoms. The van der Waals surface area contributed by atoms with E-state index < -0.39 is 0 Å². The van der Waals surface area contributed by atoms with Crippen molar-refractivity contribution in [2.45, 2.75) is 19.3 Å². The number of imidazole rings is 1. The van der Waals surface area contributed by atoms with Gasteiger partial charge in [0.25, 0.3) is 0 Å². The van der Waals surface area contributed by atoms with Gasteiger partial charge >= 0.3 is 0 Å². The topological polar surface area (TPSA) is 43.8 Å². The molecule has 0 amide bonds. The highest BCUT2D eigenvalue weighted by atomic mass is 32.1. The van der Waals surface area contributed by atoms with Crippen LogP contribution in [0.3, 0.4) is 0 Å². The summed E-state index contributed by atoms with van der Waals surface area (Å²) in [6, 6.07) is 6.46. The Morgan fingerprint density at radius 1 is 1.32 bits per heavy atom. The van der Waals surface area contributed by atoms with Gasteiger partial charge in [0.15, 0.2) is 0 Å². The third-order valence-electron chi connectivity index (χ3n) is 3.96. The first-order chi connectivity index (χ1) is 9.24. The molecule has 0 saturated heterocycles. The van der Waals surface area contributed by atoms with Crippen molar-refractivity contribution in [3.05, 3.63) is 35.0 Å². The molecule has 1 aromatic carbocycles. The van der Waals surface area contributed by atoms with Gasteiger partial charge in [-0.05, 0) is 42.5 Å². The highest BCUT2D eigenvalue weighted by Crippen LogP contribution is 2.43. The van der Waals surface area contributed by atoms with E-state index in [1.54, 1.807) is 11.3 Å². The van der Waals surface area contributed by atoms with Gasteiger partial charge in [0.2, 0.25) is 0 Å². The minimum Gasteiger partial charge on any atom is -0.390 e. The number of rotatable bonds is 1. The van der Waals surface area contributed by atoms with Crippen LogP contribution >= 0.6 is 11.3 Å². The van der Waals surface area contributed by atoms with Gasteiger partial charge in [0, 0.05) is 17.5 Å². The molecule has 4 rings (SSSR count).